The molecule has 2 atom stereocenters. The number of nitrogens with one attached hydrogen (secondary N) is 1. The van der Waals surface area contributed by atoms with E-state index >= 15 is 0 Å². The van der Waals surface area contributed by atoms with E-state index in [1.807, 2.05) is 0 Å². The number of nitrogens with zero attached hydrogens (tertiary/aromatic N) is 1. The smallest absolute Gasteiger partial charge is 0.307 e. The molecule has 84 valence electrons. The van der Waals surface area contributed by atoms with Gasteiger partial charge >= 0.3 is 5.97 Å². The Morgan fingerprint density at radius 1 is 1.50 bits per heavy atom. The van der Waals surface area contributed by atoms with E-state index in [2.05, 4.69) is 10.3 Å². The van der Waals surface area contributed by atoms with Crippen molar-refractivity contribution in [3.63, 3.8) is 0 Å². The third-order valence-electron chi connectivity index (χ3n) is 2.71. The molecule has 0 aliphatic heterocycles. The molecule has 1 saturated carbocycles. The molecule has 1 aromatic heterocycles. The van der Waals surface area contributed by atoms with Crippen molar-refractivity contribution >= 4 is 17.6 Å². The predicted molar refractivity (Wildman–Crippen MR) is 56.8 cm³/mol. The van der Waals surface area contributed by atoms with Crippen molar-refractivity contribution in [1.29, 1.82) is 0 Å². The molecule has 2 N–H and O–H groups in total. The number of carboxylic acid groups (broad SMARTS) is 1. The van der Waals surface area contributed by atoms with Crippen molar-refractivity contribution in [2.45, 2.75) is 13.3 Å². The molecule has 1 fully saturated rings. The summed E-state index contributed by atoms with van der Waals surface area (Å²) in [5.74, 6) is -2.04. The summed E-state index contributed by atoms with van der Waals surface area (Å²) < 4.78 is 0. The fourth-order valence-corrected chi connectivity index (χ4v) is 1.60. The molecule has 5 nitrogen and oxygen atoms in total. The topological polar surface area (TPSA) is 79.3 Å². The number of carboxylic acids is 1. The number of amides is 1. The van der Waals surface area contributed by atoms with Gasteiger partial charge in [0.15, 0.2) is 0 Å². The Morgan fingerprint density at radius 2 is 2.25 bits per heavy atom. The maximum Gasteiger partial charge on any atom is 0.307 e. The van der Waals surface area contributed by atoms with Gasteiger partial charge < -0.3 is 10.4 Å². The highest BCUT2D eigenvalue weighted by atomic mass is 16.4. The molecule has 0 saturated heterocycles. The lowest BCUT2D eigenvalue weighted by Gasteiger charge is -2.06. The average molecular weight is 220 g/mol. The van der Waals surface area contributed by atoms with E-state index < -0.39 is 17.8 Å². The van der Waals surface area contributed by atoms with Gasteiger partial charge in [0.1, 0.15) is 0 Å². The van der Waals surface area contributed by atoms with Gasteiger partial charge in [-0.25, -0.2) is 0 Å². The van der Waals surface area contributed by atoms with Gasteiger partial charge in [-0.2, -0.15) is 0 Å². The highest BCUT2D eigenvalue weighted by Crippen LogP contribution is 2.39. The monoisotopic (exact) mass is 220 g/mol. The van der Waals surface area contributed by atoms with Crippen molar-refractivity contribution in [2.75, 3.05) is 5.32 Å². The number of carbonyl (C=O) groups excluding carboxylic acids is 1. The fourth-order valence-electron chi connectivity index (χ4n) is 1.60. The number of hydrogen-bond donors (Lipinski definition) is 2. The van der Waals surface area contributed by atoms with Crippen LogP contribution in [0.2, 0.25) is 0 Å². The molecule has 1 amide bonds. The molecule has 0 aromatic carbocycles. The number of anilines is 1. The molecule has 1 aliphatic carbocycles. The van der Waals surface area contributed by atoms with Crippen LogP contribution in [0.5, 0.6) is 0 Å². The van der Waals surface area contributed by atoms with E-state index in [0.29, 0.717) is 12.1 Å². The van der Waals surface area contributed by atoms with Crippen LogP contribution < -0.4 is 5.32 Å². The predicted octanol–water partition coefficient (Wildman–Crippen LogP) is 1.05. The van der Waals surface area contributed by atoms with Gasteiger partial charge in [-0.15, -0.1) is 0 Å². The van der Waals surface area contributed by atoms with E-state index in [0.717, 1.165) is 5.69 Å². The van der Waals surface area contributed by atoms with Crippen LogP contribution in [-0.4, -0.2) is 22.0 Å². The van der Waals surface area contributed by atoms with Crippen LogP contribution in [0.3, 0.4) is 0 Å². The Balaban J connectivity index is 1.99. The van der Waals surface area contributed by atoms with Crippen molar-refractivity contribution < 1.29 is 14.7 Å². The zero-order valence-electron chi connectivity index (χ0n) is 8.80. The summed E-state index contributed by atoms with van der Waals surface area (Å²) in [6.07, 6.45) is 2.07. The first-order chi connectivity index (χ1) is 7.59. The van der Waals surface area contributed by atoms with Crippen LogP contribution in [-0.2, 0) is 9.59 Å². The molecular formula is C11H12N2O3. The van der Waals surface area contributed by atoms with E-state index in [1.165, 1.54) is 0 Å². The van der Waals surface area contributed by atoms with E-state index in [9.17, 15) is 9.59 Å². The second-order valence-corrected chi connectivity index (χ2v) is 3.91. The second-order valence-electron chi connectivity index (χ2n) is 3.91. The summed E-state index contributed by atoms with van der Waals surface area (Å²) >= 11 is 0. The highest BCUT2D eigenvalue weighted by molar-refractivity contribution is 5.98. The maximum atomic E-state index is 11.6. The summed E-state index contributed by atoms with van der Waals surface area (Å²) in [5.41, 5.74) is 1.37. The van der Waals surface area contributed by atoms with E-state index in [1.54, 1.807) is 25.3 Å². The number of aromatic nitrogens is 1. The Labute approximate surface area is 92.5 Å². The summed E-state index contributed by atoms with van der Waals surface area (Å²) in [4.78, 5) is 26.3. The van der Waals surface area contributed by atoms with Gasteiger partial charge in [-0.3, -0.25) is 14.6 Å². The number of carbonyl (C=O) groups is 2. The van der Waals surface area contributed by atoms with Crippen LogP contribution in [0, 0.1) is 18.8 Å². The lowest BCUT2D eigenvalue weighted by atomic mass is 10.2. The third kappa shape index (κ3) is 2.03. The Bertz CT molecular complexity index is 445. The van der Waals surface area contributed by atoms with Crippen molar-refractivity contribution in [1.82, 2.24) is 4.98 Å². The molecule has 16 heavy (non-hydrogen) atoms. The largest absolute Gasteiger partial charge is 0.481 e. The number of pyridine rings is 1. The summed E-state index contributed by atoms with van der Waals surface area (Å²) in [6, 6.07) is 3.47. The fraction of sp³-hybridized carbons (Fsp3) is 0.364. The molecule has 1 aromatic rings. The first kappa shape index (κ1) is 10.6. The van der Waals surface area contributed by atoms with E-state index in [4.69, 9.17) is 5.11 Å². The summed E-state index contributed by atoms with van der Waals surface area (Å²) in [6.45, 7) is 1.79. The first-order valence-corrected chi connectivity index (χ1v) is 5.05. The van der Waals surface area contributed by atoms with Crippen LogP contribution in [0.4, 0.5) is 5.69 Å². The zero-order chi connectivity index (χ0) is 11.7. The molecule has 5 heteroatoms. The number of aryl methyl sites for hydroxylation is 1. The highest BCUT2D eigenvalue weighted by Gasteiger charge is 2.48. The van der Waals surface area contributed by atoms with Gasteiger partial charge in [-0.1, -0.05) is 0 Å². The van der Waals surface area contributed by atoms with Gasteiger partial charge in [0, 0.05) is 6.20 Å². The molecule has 1 heterocycles. The van der Waals surface area contributed by atoms with Crippen molar-refractivity contribution in [3.05, 3.63) is 24.0 Å². The van der Waals surface area contributed by atoms with Crippen molar-refractivity contribution in [2.24, 2.45) is 11.8 Å². The minimum absolute atomic E-state index is 0.233. The van der Waals surface area contributed by atoms with E-state index in [-0.39, 0.29) is 5.91 Å². The minimum Gasteiger partial charge on any atom is -0.481 e. The SMILES string of the molecule is Cc1ncccc1NC(=O)C1CC1C(=O)O. The molecule has 0 bridgehead atoms. The lowest BCUT2D eigenvalue weighted by Crippen LogP contribution is -2.17. The van der Waals surface area contributed by atoms with Crippen LogP contribution in [0.15, 0.2) is 18.3 Å². The molecule has 2 rings (SSSR count). The number of aliphatic carboxylic acids is 1. The normalized spacial score (nSPS) is 22.6. The Kier molecular flexibility index (Phi) is 2.60. The second kappa shape index (κ2) is 3.92. The molecular weight excluding hydrogens is 208 g/mol. The standard InChI is InChI=1S/C11H12N2O3/c1-6-9(3-2-4-12-6)13-10(14)7-5-8(7)11(15)16/h2-4,7-8H,5H2,1H3,(H,13,14)(H,15,16). The van der Waals surface area contributed by atoms with Crippen molar-refractivity contribution in [3.8, 4) is 0 Å². The molecule has 2 unspecified atom stereocenters. The molecule has 1 aliphatic rings. The number of hydrogen-bond acceptors (Lipinski definition) is 3. The van der Waals surface area contributed by atoms with Gasteiger partial charge in [0.05, 0.1) is 23.2 Å². The molecule has 0 radical (unpaired) electrons. The average Bonchev–Trinajstić information content (AvgIpc) is 3.01. The van der Waals surface area contributed by atoms with Crippen LogP contribution in [0.1, 0.15) is 12.1 Å². The Morgan fingerprint density at radius 3 is 2.81 bits per heavy atom. The van der Waals surface area contributed by atoms with Gasteiger partial charge in [0.25, 0.3) is 0 Å². The lowest BCUT2D eigenvalue weighted by molar-refractivity contribution is -0.139. The minimum atomic E-state index is -0.900. The maximum absolute atomic E-state index is 11.6. The van der Waals surface area contributed by atoms with Crippen LogP contribution in [0.25, 0.3) is 0 Å². The zero-order valence-corrected chi connectivity index (χ0v) is 8.80. The summed E-state index contributed by atoms with van der Waals surface area (Å²) in [5, 5.41) is 11.4. The van der Waals surface area contributed by atoms with Gasteiger partial charge in [-0.05, 0) is 25.5 Å². The Hall–Kier alpha value is -1.91. The first-order valence-electron chi connectivity index (χ1n) is 5.05. The summed E-state index contributed by atoms with van der Waals surface area (Å²) in [7, 11) is 0. The number of rotatable bonds is 3. The third-order valence-corrected chi connectivity index (χ3v) is 2.71. The quantitative estimate of drug-likeness (QED) is 0.797. The molecule has 0 spiro atoms. The van der Waals surface area contributed by atoms with Gasteiger partial charge in [0.2, 0.25) is 5.91 Å². The van der Waals surface area contributed by atoms with Crippen LogP contribution >= 0.6 is 0 Å².